The topological polar surface area (TPSA) is 112 Å². The summed E-state index contributed by atoms with van der Waals surface area (Å²) in [5.74, 6) is -1.70. The van der Waals surface area contributed by atoms with Crippen molar-refractivity contribution in [3.05, 3.63) is 16.3 Å². The Kier molecular flexibility index (Phi) is 6.69. The highest BCUT2D eigenvalue weighted by molar-refractivity contribution is 7.19. The largest absolute Gasteiger partial charge is 0.473 e. The van der Waals surface area contributed by atoms with E-state index in [-0.39, 0.29) is 0 Å². The van der Waals surface area contributed by atoms with Crippen LogP contribution in [-0.4, -0.2) is 38.7 Å². The number of unbranched alkanes of at least 4 members (excludes halogenated alkanes) is 1. The van der Waals surface area contributed by atoms with Gasteiger partial charge in [0.05, 0.1) is 5.39 Å². The second kappa shape index (κ2) is 8.75. The summed E-state index contributed by atoms with van der Waals surface area (Å²) in [6.45, 7) is 5.21. The van der Waals surface area contributed by atoms with Crippen molar-refractivity contribution in [1.29, 1.82) is 0 Å². The smallest absolute Gasteiger partial charge is 0.414 e. The average Bonchev–Trinajstić information content (AvgIpc) is 2.93. The van der Waals surface area contributed by atoms with Crippen molar-refractivity contribution in [2.75, 3.05) is 11.9 Å². The molecule has 1 aliphatic carbocycles. The van der Waals surface area contributed by atoms with Crippen LogP contribution < -0.4 is 5.32 Å². The van der Waals surface area contributed by atoms with Gasteiger partial charge < -0.3 is 15.5 Å². The van der Waals surface area contributed by atoms with Gasteiger partial charge in [-0.2, -0.15) is 0 Å². The fraction of sp³-hybridized carbons (Fsp3) is 0.529. The predicted octanol–water partition coefficient (Wildman–Crippen LogP) is 3.25. The van der Waals surface area contributed by atoms with Crippen molar-refractivity contribution in [3.63, 3.8) is 0 Å². The highest BCUT2D eigenvalue weighted by Crippen LogP contribution is 2.38. The third kappa shape index (κ3) is 4.88. The van der Waals surface area contributed by atoms with Crippen LogP contribution in [0, 0.1) is 6.92 Å². The molecule has 0 fully saturated rings. The predicted molar refractivity (Wildman–Crippen MR) is 97.5 cm³/mol. The van der Waals surface area contributed by atoms with Gasteiger partial charge in [-0.15, -0.1) is 11.3 Å². The Bertz CT molecular complexity index is 761. The summed E-state index contributed by atoms with van der Waals surface area (Å²) in [6, 6.07) is 0. The lowest BCUT2D eigenvalue weighted by Gasteiger charge is -2.12. The molecule has 0 spiro atoms. The van der Waals surface area contributed by atoms with Crippen LogP contribution in [0.15, 0.2) is 0 Å². The van der Waals surface area contributed by atoms with Gasteiger partial charge in [0.2, 0.25) is 0 Å². The zero-order chi connectivity index (χ0) is 18.4. The first kappa shape index (κ1) is 19.1. The number of nitrogens with one attached hydrogen (secondary N) is 1. The van der Waals surface area contributed by atoms with Gasteiger partial charge in [-0.25, -0.2) is 19.6 Å². The number of aromatic nitrogens is 2. The molecule has 0 amide bonds. The van der Waals surface area contributed by atoms with Crippen LogP contribution >= 0.6 is 11.3 Å². The lowest BCUT2D eigenvalue weighted by atomic mass is 9.97. The Morgan fingerprint density at radius 2 is 1.84 bits per heavy atom. The van der Waals surface area contributed by atoms with Crippen LogP contribution in [-0.2, 0) is 22.4 Å². The van der Waals surface area contributed by atoms with E-state index < -0.39 is 11.9 Å². The van der Waals surface area contributed by atoms with Gasteiger partial charge in [-0.1, -0.05) is 13.3 Å². The molecule has 0 radical (unpaired) electrons. The number of aliphatic carboxylic acids is 2. The second-order valence-electron chi connectivity index (χ2n) is 5.90. The maximum Gasteiger partial charge on any atom is 0.414 e. The minimum absolute atomic E-state index is 0.880. The van der Waals surface area contributed by atoms with Crippen LogP contribution in [0.2, 0.25) is 0 Å². The molecule has 0 bridgehead atoms. The Labute approximate surface area is 150 Å². The number of hydrogen-bond acceptors (Lipinski definition) is 6. The van der Waals surface area contributed by atoms with E-state index in [9.17, 15) is 0 Å². The molecule has 136 valence electrons. The highest BCUT2D eigenvalue weighted by Gasteiger charge is 2.20. The molecule has 0 saturated carbocycles. The number of carbonyl (C=O) groups is 2. The summed E-state index contributed by atoms with van der Waals surface area (Å²) in [6.07, 6.45) is 7.46. The Morgan fingerprint density at radius 1 is 1.16 bits per heavy atom. The summed E-state index contributed by atoms with van der Waals surface area (Å²) in [5.41, 5.74) is 1.52. The Morgan fingerprint density at radius 3 is 2.48 bits per heavy atom. The quantitative estimate of drug-likeness (QED) is 0.563. The van der Waals surface area contributed by atoms with Gasteiger partial charge in [-0.3, -0.25) is 0 Å². The molecule has 7 nitrogen and oxygen atoms in total. The van der Waals surface area contributed by atoms with Crippen LogP contribution in [0.1, 0.15) is 48.9 Å². The zero-order valence-electron chi connectivity index (χ0n) is 14.5. The van der Waals surface area contributed by atoms with E-state index >= 15 is 0 Å². The van der Waals surface area contributed by atoms with Crippen LogP contribution in [0.4, 0.5) is 5.82 Å². The summed E-state index contributed by atoms with van der Waals surface area (Å²) >= 11 is 1.88. The molecule has 0 unspecified atom stereocenters. The van der Waals surface area contributed by atoms with Gasteiger partial charge in [0.15, 0.2) is 0 Å². The van der Waals surface area contributed by atoms with E-state index in [1.807, 2.05) is 18.3 Å². The fourth-order valence-electron chi connectivity index (χ4n) is 2.78. The summed E-state index contributed by atoms with van der Waals surface area (Å²) in [7, 11) is 0. The number of rotatable bonds is 4. The first-order valence-corrected chi connectivity index (χ1v) is 9.24. The monoisotopic (exact) mass is 365 g/mol. The lowest BCUT2D eigenvalue weighted by Crippen LogP contribution is -2.09. The molecule has 2 aromatic rings. The molecule has 3 N–H and O–H groups in total. The average molecular weight is 365 g/mol. The normalized spacial score (nSPS) is 12.9. The molecule has 0 aliphatic heterocycles. The maximum absolute atomic E-state index is 9.10. The van der Waals surface area contributed by atoms with E-state index in [0.29, 0.717) is 0 Å². The van der Waals surface area contributed by atoms with Crippen molar-refractivity contribution in [3.8, 4) is 0 Å². The van der Waals surface area contributed by atoms with E-state index in [4.69, 9.17) is 19.8 Å². The molecule has 1 aliphatic rings. The van der Waals surface area contributed by atoms with Crippen molar-refractivity contribution in [2.45, 2.75) is 52.4 Å². The highest BCUT2D eigenvalue weighted by atomic mass is 32.1. The number of fused-ring (bicyclic) bond motifs is 3. The molecular formula is C17H23N3O4S. The number of anilines is 1. The van der Waals surface area contributed by atoms with Crippen LogP contribution in [0.5, 0.6) is 0 Å². The van der Waals surface area contributed by atoms with Gasteiger partial charge >= 0.3 is 11.9 Å². The summed E-state index contributed by atoms with van der Waals surface area (Å²) in [4.78, 5) is 30.2. The Hall–Kier alpha value is -2.22. The molecular weight excluding hydrogens is 342 g/mol. The number of carboxylic acids is 2. The van der Waals surface area contributed by atoms with Crippen molar-refractivity contribution in [1.82, 2.24) is 9.97 Å². The van der Waals surface area contributed by atoms with Gasteiger partial charge in [-0.05, 0) is 44.6 Å². The third-order valence-corrected chi connectivity index (χ3v) is 5.12. The minimum Gasteiger partial charge on any atom is -0.473 e. The first-order valence-electron chi connectivity index (χ1n) is 8.43. The fourth-order valence-corrected chi connectivity index (χ4v) is 4.08. The van der Waals surface area contributed by atoms with Gasteiger partial charge in [0.1, 0.15) is 16.5 Å². The summed E-state index contributed by atoms with van der Waals surface area (Å²) < 4.78 is 0. The maximum atomic E-state index is 9.10. The lowest BCUT2D eigenvalue weighted by molar-refractivity contribution is -0.159. The molecule has 3 rings (SSSR count). The first-order chi connectivity index (χ1) is 11.9. The number of carboxylic acid groups (broad SMARTS) is 2. The SMILES string of the molecule is CCCCNc1nc(C)nc2sc3c(c12)CCCC3.O=C(O)C(=O)O. The minimum atomic E-state index is -1.82. The van der Waals surface area contributed by atoms with Crippen molar-refractivity contribution in [2.24, 2.45) is 0 Å². The van der Waals surface area contributed by atoms with Crippen molar-refractivity contribution < 1.29 is 19.8 Å². The van der Waals surface area contributed by atoms with Crippen LogP contribution in [0.3, 0.4) is 0 Å². The summed E-state index contributed by atoms with van der Waals surface area (Å²) in [5, 5.41) is 19.6. The molecule has 2 heterocycles. The third-order valence-electron chi connectivity index (χ3n) is 3.93. The Balaban J connectivity index is 0.000000326. The van der Waals surface area contributed by atoms with E-state index in [1.165, 1.54) is 54.3 Å². The van der Waals surface area contributed by atoms with E-state index in [2.05, 4.69) is 22.2 Å². The zero-order valence-corrected chi connectivity index (χ0v) is 15.3. The van der Waals surface area contributed by atoms with Crippen molar-refractivity contribution >= 4 is 39.3 Å². The van der Waals surface area contributed by atoms with E-state index in [1.54, 1.807) is 4.88 Å². The molecule has 2 aromatic heterocycles. The number of nitrogens with zero attached hydrogens (tertiary/aromatic N) is 2. The standard InChI is InChI=1S/C15H21N3S.C2H2O4/c1-3-4-9-16-14-13-11-7-5-6-8-12(11)19-15(13)18-10(2)17-14;3-1(4)2(5)6/h3-9H2,1-2H3,(H,16,17,18);(H,3,4)(H,5,6). The molecule has 8 heteroatoms. The molecule has 0 atom stereocenters. The second-order valence-corrected chi connectivity index (χ2v) is 6.98. The molecule has 0 aromatic carbocycles. The molecule has 25 heavy (non-hydrogen) atoms. The number of hydrogen-bond donors (Lipinski definition) is 3. The van der Waals surface area contributed by atoms with Crippen LogP contribution in [0.25, 0.3) is 10.2 Å². The van der Waals surface area contributed by atoms with Gasteiger partial charge in [0, 0.05) is 11.4 Å². The number of aryl methyl sites for hydroxylation is 3. The van der Waals surface area contributed by atoms with E-state index in [0.717, 1.165) is 18.2 Å². The number of thiophene rings is 1. The van der Waals surface area contributed by atoms with Gasteiger partial charge in [0.25, 0.3) is 0 Å². The molecule has 0 saturated heterocycles.